The molecule has 9 heteroatoms. The Kier molecular flexibility index (Phi) is 6.63. The third kappa shape index (κ3) is 4.50. The summed E-state index contributed by atoms with van der Waals surface area (Å²) in [6.45, 7) is 4.54. The zero-order chi connectivity index (χ0) is 24.4. The van der Waals surface area contributed by atoms with Crippen LogP contribution in [0, 0.1) is 6.92 Å². The van der Waals surface area contributed by atoms with Crippen LogP contribution in [0.1, 0.15) is 47.8 Å². The van der Waals surface area contributed by atoms with E-state index in [1.54, 1.807) is 30.0 Å². The Morgan fingerprint density at radius 2 is 1.74 bits per heavy atom. The average Bonchev–Trinajstić information content (AvgIpc) is 2.85. The summed E-state index contributed by atoms with van der Waals surface area (Å²) in [5.74, 6) is -0.759. The van der Waals surface area contributed by atoms with E-state index in [2.05, 4.69) is 10.3 Å². The number of likely N-dealkylation sites (tertiary alicyclic amines) is 1. The highest BCUT2D eigenvalue weighted by molar-refractivity contribution is 6.05. The number of nitrogens with zero attached hydrogens (tertiary/aromatic N) is 4. The highest BCUT2D eigenvalue weighted by Crippen LogP contribution is 2.19. The Bertz CT molecular complexity index is 1370. The second-order valence-corrected chi connectivity index (χ2v) is 8.69. The number of anilines is 1. The van der Waals surface area contributed by atoms with E-state index >= 15 is 0 Å². The van der Waals surface area contributed by atoms with E-state index in [4.69, 9.17) is 0 Å². The van der Waals surface area contributed by atoms with E-state index in [9.17, 15) is 19.2 Å². The van der Waals surface area contributed by atoms with E-state index in [-0.39, 0.29) is 22.5 Å². The van der Waals surface area contributed by atoms with Gasteiger partial charge in [-0.05, 0) is 56.4 Å². The predicted molar refractivity (Wildman–Crippen MR) is 130 cm³/mol. The van der Waals surface area contributed by atoms with Gasteiger partial charge in [0, 0.05) is 31.5 Å². The molecule has 4 rings (SSSR count). The fourth-order valence-electron chi connectivity index (χ4n) is 4.35. The second kappa shape index (κ2) is 9.62. The van der Waals surface area contributed by atoms with Crippen molar-refractivity contribution in [1.29, 1.82) is 0 Å². The minimum Gasteiger partial charge on any atom is -0.339 e. The summed E-state index contributed by atoms with van der Waals surface area (Å²) >= 11 is 0. The lowest BCUT2D eigenvalue weighted by Gasteiger charge is -2.27. The lowest BCUT2D eigenvalue weighted by molar-refractivity contribution is -0.116. The molecule has 3 aromatic rings. The van der Waals surface area contributed by atoms with Crippen LogP contribution in [0.25, 0.3) is 11.0 Å². The lowest BCUT2D eigenvalue weighted by atomic mass is 10.1. The quantitative estimate of drug-likeness (QED) is 0.625. The second-order valence-electron chi connectivity index (χ2n) is 8.69. The first kappa shape index (κ1) is 23.4. The van der Waals surface area contributed by atoms with Crippen LogP contribution < -0.4 is 16.6 Å². The van der Waals surface area contributed by atoms with Gasteiger partial charge < -0.3 is 10.2 Å². The van der Waals surface area contributed by atoms with Gasteiger partial charge in [0.25, 0.3) is 11.5 Å². The highest BCUT2D eigenvalue weighted by atomic mass is 16.2. The number of nitrogens with one attached hydrogen (secondary N) is 1. The van der Waals surface area contributed by atoms with E-state index in [0.717, 1.165) is 35.8 Å². The fourth-order valence-corrected chi connectivity index (χ4v) is 4.35. The molecule has 3 heterocycles. The fraction of sp³-hybridized carbons (Fsp3) is 0.400. The first-order chi connectivity index (χ1) is 16.3. The molecular weight excluding hydrogens is 434 g/mol. The lowest BCUT2D eigenvalue weighted by Crippen LogP contribution is -2.43. The van der Waals surface area contributed by atoms with Crippen LogP contribution in [0.15, 0.2) is 39.9 Å². The van der Waals surface area contributed by atoms with Gasteiger partial charge in [-0.25, -0.2) is 9.78 Å². The van der Waals surface area contributed by atoms with Gasteiger partial charge >= 0.3 is 5.69 Å². The number of carbonyl (C=O) groups is 2. The molecule has 178 valence electrons. The Labute approximate surface area is 197 Å². The standard InChI is InChI=1S/C25H29N5O4/c1-4-17-8-10-18(11-9-17)27-20(31)15-30-24(33)21-19(23(32)29-12-6-5-7-13-29)14-16(2)26-22(21)28(3)25(30)34/h8-11,14H,4-7,12-13,15H2,1-3H3,(H,27,31). The topological polar surface area (TPSA) is 106 Å². The van der Waals surface area contributed by atoms with Gasteiger partial charge in [-0.3, -0.25) is 23.5 Å². The molecule has 0 unspecified atom stereocenters. The van der Waals surface area contributed by atoms with Gasteiger partial charge in [0.2, 0.25) is 5.91 Å². The van der Waals surface area contributed by atoms with E-state index in [1.807, 2.05) is 19.1 Å². The number of hydrogen-bond acceptors (Lipinski definition) is 5. The SMILES string of the molecule is CCc1ccc(NC(=O)Cn2c(=O)c3c(C(=O)N4CCCCC4)cc(C)nc3n(C)c2=O)cc1. The van der Waals surface area contributed by atoms with Crippen molar-refractivity contribution in [3.63, 3.8) is 0 Å². The van der Waals surface area contributed by atoms with Gasteiger partial charge in [0.05, 0.1) is 10.9 Å². The van der Waals surface area contributed by atoms with E-state index in [1.165, 1.54) is 11.6 Å². The molecule has 34 heavy (non-hydrogen) atoms. The molecule has 0 spiro atoms. The van der Waals surface area contributed by atoms with Crippen molar-refractivity contribution >= 4 is 28.5 Å². The van der Waals surface area contributed by atoms with Crippen molar-refractivity contribution in [2.24, 2.45) is 7.05 Å². The zero-order valence-electron chi connectivity index (χ0n) is 19.8. The number of fused-ring (bicyclic) bond motifs is 1. The van der Waals surface area contributed by atoms with Gasteiger partial charge in [-0.1, -0.05) is 19.1 Å². The van der Waals surface area contributed by atoms with Crippen LogP contribution in [-0.2, 0) is 24.8 Å². The smallest absolute Gasteiger partial charge is 0.332 e. The Morgan fingerprint density at radius 1 is 1.06 bits per heavy atom. The maximum absolute atomic E-state index is 13.5. The molecule has 1 fully saturated rings. The summed E-state index contributed by atoms with van der Waals surface area (Å²) in [6, 6.07) is 8.96. The number of pyridine rings is 1. The number of hydrogen-bond donors (Lipinski definition) is 1. The van der Waals surface area contributed by atoms with Gasteiger partial charge in [-0.15, -0.1) is 0 Å². The molecule has 1 N–H and O–H groups in total. The van der Waals surface area contributed by atoms with Crippen LogP contribution in [0.4, 0.5) is 5.69 Å². The molecule has 1 aromatic carbocycles. The summed E-state index contributed by atoms with van der Waals surface area (Å²) in [5, 5.41) is 2.78. The summed E-state index contributed by atoms with van der Waals surface area (Å²) in [4.78, 5) is 58.6. The van der Waals surface area contributed by atoms with Crippen LogP contribution in [-0.4, -0.2) is 43.9 Å². The van der Waals surface area contributed by atoms with Crippen molar-refractivity contribution in [3.05, 3.63) is 68.0 Å². The van der Waals surface area contributed by atoms with E-state index in [0.29, 0.717) is 24.5 Å². The molecule has 0 saturated carbocycles. The molecule has 1 aliphatic heterocycles. The molecule has 1 saturated heterocycles. The van der Waals surface area contributed by atoms with Crippen LogP contribution in [0.2, 0.25) is 0 Å². The molecule has 0 aliphatic carbocycles. The molecular formula is C25H29N5O4. The molecule has 0 atom stereocenters. The summed E-state index contributed by atoms with van der Waals surface area (Å²) < 4.78 is 2.09. The number of aromatic nitrogens is 3. The normalized spacial score (nSPS) is 13.8. The number of amides is 2. The predicted octanol–water partition coefficient (Wildman–Crippen LogP) is 2.23. The van der Waals surface area contributed by atoms with Crippen LogP contribution in [0.3, 0.4) is 0 Å². The first-order valence-corrected chi connectivity index (χ1v) is 11.6. The largest absolute Gasteiger partial charge is 0.339 e. The molecule has 9 nitrogen and oxygen atoms in total. The van der Waals surface area contributed by atoms with Crippen LogP contribution >= 0.6 is 0 Å². The zero-order valence-corrected chi connectivity index (χ0v) is 19.8. The highest BCUT2D eigenvalue weighted by Gasteiger charge is 2.25. The van der Waals surface area contributed by atoms with E-state index < -0.39 is 23.7 Å². The Balaban J connectivity index is 1.74. The summed E-state index contributed by atoms with van der Waals surface area (Å²) in [5.41, 5.74) is 1.24. The minimum atomic E-state index is -0.692. The van der Waals surface area contributed by atoms with Gasteiger partial charge in [-0.2, -0.15) is 0 Å². The number of aryl methyl sites for hydroxylation is 3. The molecule has 1 aliphatic rings. The number of benzene rings is 1. The van der Waals surface area contributed by atoms with Crippen molar-refractivity contribution in [3.8, 4) is 0 Å². The molecule has 2 amide bonds. The monoisotopic (exact) mass is 463 g/mol. The summed E-state index contributed by atoms with van der Waals surface area (Å²) in [7, 11) is 1.49. The number of rotatable bonds is 5. The van der Waals surface area contributed by atoms with Crippen molar-refractivity contribution in [2.45, 2.75) is 46.1 Å². The molecule has 0 radical (unpaired) electrons. The number of piperidine rings is 1. The minimum absolute atomic E-state index is 0.0587. The number of carbonyl (C=O) groups excluding carboxylic acids is 2. The maximum atomic E-state index is 13.5. The third-order valence-electron chi connectivity index (χ3n) is 6.24. The van der Waals surface area contributed by atoms with Gasteiger partial charge in [0.15, 0.2) is 0 Å². The average molecular weight is 464 g/mol. The first-order valence-electron chi connectivity index (χ1n) is 11.6. The van der Waals surface area contributed by atoms with Crippen molar-refractivity contribution in [2.75, 3.05) is 18.4 Å². The summed E-state index contributed by atoms with van der Waals surface area (Å²) in [6.07, 6.45) is 3.77. The van der Waals surface area contributed by atoms with Crippen molar-refractivity contribution in [1.82, 2.24) is 19.0 Å². The molecule has 0 bridgehead atoms. The van der Waals surface area contributed by atoms with Crippen molar-refractivity contribution < 1.29 is 9.59 Å². The van der Waals surface area contributed by atoms with Gasteiger partial charge in [0.1, 0.15) is 12.2 Å². The molecule has 2 aromatic heterocycles. The Hall–Kier alpha value is -3.75. The Morgan fingerprint density at radius 3 is 2.38 bits per heavy atom. The maximum Gasteiger partial charge on any atom is 0.332 e. The third-order valence-corrected chi connectivity index (χ3v) is 6.24. The van der Waals surface area contributed by atoms with Crippen LogP contribution in [0.5, 0.6) is 0 Å².